The second-order valence-electron chi connectivity index (χ2n) is 10.0. The molecule has 0 saturated carbocycles. The molecule has 0 radical (unpaired) electrons. The predicted molar refractivity (Wildman–Crippen MR) is 173 cm³/mol. The van der Waals surface area contributed by atoms with Crippen LogP contribution in [-0.2, 0) is 16.1 Å². The zero-order valence-corrected chi connectivity index (χ0v) is 27.6. The van der Waals surface area contributed by atoms with E-state index in [4.69, 9.17) is 37.4 Å². The minimum atomic E-state index is -0.809. The molecule has 0 spiro atoms. The molecule has 1 atom stereocenters. The van der Waals surface area contributed by atoms with Crippen molar-refractivity contribution in [3.8, 4) is 11.5 Å². The Labute approximate surface area is 270 Å². The van der Waals surface area contributed by atoms with Crippen LogP contribution in [-0.4, -0.2) is 23.8 Å². The first kappa shape index (κ1) is 31.1. The zero-order chi connectivity index (χ0) is 30.8. The molecular weight excluding hydrogens is 675 g/mol. The molecule has 4 aromatic rings. The third kappa shape index (κ3) is 6.75. The Hall–Kier alpha value is -3.37. The molecule has 11 heteroatoms. The lowest BCUT2D eigenvalue weighted by Crippen LogP contribution is -2.40. The first-order valence-corrected chi connectivity index (χ1v) is 15.7. The van der Waals surface area contributed by atoms with Gasteiger partial charge in [0.15, 0.2) is 4.80 Å². The third-order valence-corrected chi connectivity index (χ3v) is 8.70. The Morgan fingerprint density at radius 1 is 1.14 bits per heavy atom. The minimum Gasteiger partial charge on any atom is -0.496 e. The van der Waals surface area contributed by atoms with Crippen LogP contribution in [0.1, 0.15) is 43.5 Å². The van der Waals surface area contributed by atoms with Crippen LogP contribution < -0.4 is 24.4 Å². The first-order chi connectivity index (χ1) is 20.5. The molecule has 0 bridgehead atoms. The average molecular weight is 702 g/mol. The van der Waals surface area contributed by atoms with Crippen molar-refractivity contribution in [1.82, 2.24) is 4.57 Å². The minimum absolute atomic E-state index is 0.255. The van der Waals surface area contributed by atoms with Gasteiger partial charge < -0.3 is 14.2 Å². The fourth-order valence-electron chi connectivity index (χ4n) is 4.72. The SMILES string of the molecule is COc1ccc(Br)cc1[C@@H]1C(C(=O)OC(C)C)=C(C)N=c2s/c(=C\c3cccc(OCc4ccc(Cl)cc4Cl)c3)c(=O)n21. The van der Waals surface area contributed by atoms with Gasteiger partial charge >= 0.3 is 5.97 Å². The smallest absolute Gasteiger partial charge is 0.338 e. The molecule has 3 aromatic carbocycles. The largest absolute Gasteiger partial charge is 0.496 e. The van der Waals surface area contributed by atoms with Crippen LogP contribution in [0.3, 0.4) is 0 Å². The van der Waals surface area contributed by atoms with E-state index in [1.54, 1.807) is 52.2 Å². The van der Waals surface area contributed by atoms with Crippen LogP contribution in [0.25, 0.3) is 6.08 Å². The van der Waals surface area contributed by atoms with Crippen molar-refractivity contribution in [2.75, 3.05) is 7.11 Å². The maximum atomic E-state index is 14.0. The van der Waals surface area contributed by atoms with Crippen LogP contribution in [0, 0.1) is 0 Å². The number of benzene rings is 3. The molecule has 0 unspecified atom stereocenters. The fourth-order valence-corrected chi connectivity index (χ4v) is 6.61. The number of hydrogen-bond acceptors (Lipinski definition) is 7. The van der Waals surface area contributed by atoms with Gasteiger partial charge in [-0.2, -0.15) is 0 Å². The van der Waals surface area contributed by atoms with Gasteiger partial charge in [-0.15, -0.1) is 0 Å². The number of allylic oxidation sites excluding steroid dienone is 1. The highest BCUT2D eigenvalue weighted by Crippen LogP contribution is 2.37. The van der Waals surface area contributed by atoms with Crippen molar-refractivity contribution >= 4 is 62.5 Å². The number of hydrogen-bond donors (Lipinski definition) is 0. The molecule has 0 fully saturated rings. The second-order valence-corrected chi connectivity index (χ2v) is 12.8. The van der Waals surface area contributed by atoms with Crippen LogP contribution in [0.5, 0.6) is 11.5 Å². The molecule has 2 heterocycles. The maximum absolute atomic E-state index is 14.0. The van der Waals surface area contributed by atoms with E-state index in [9.17, 15) is 9.59 Å². The normalized spacial score (nSPS) is 14.9. The molecule has 0 aliphatic carbocycles. The number of thiazole rings is 1. The van der Waals surface area contributed by atoms with Crippen molar-refractivity contribution in [2.24, 2.45) is 4.99 Å². The highest BCUT2D eigenvalue weighted by Gasteiger charge is 2.35. The molecule has 1 aliphatic heterocycles. The predicted octanol–water partition coefficient (Wildman–Crippen LogP) is 6.84. The summed E-state index contributed by atoms with van der Waals surface area (Å²) in [5.74, 6) is 0.597. The summed E-state index contributed by atoms with van der Waals surface area (Å²) in [4.78, 5) is 32.6. The lowest BCUT2D eigenvalue weighted by molar-refractivity contribution is -0.143. The summed E-state index contributed by atoms with van der Waals surface area (Å²) >= 11 is 17.1. The van der Waals surface area contributed by atoms with E-state index in [0.717, 1.165) is 15.6 Å². The number of esters is 1. The van der Waals surface area contributed by atoms with Gasteiger partial charge in [-0.25, -0.2) is 9.79 Å². The standard InChI is InChI=1S/C32H27BrCl2N2O5S/c1-17(2)42-31(39)28-18(3)36-32-37(29(28)24-14-21(33)9-11-26(24)40-4)30(38)27(43-32)13-19-6-5-7-23(12-19)41-16-20-8-10-22(34)15-25(20)35/h5-15,17,29H,16H2,1-4H3/b27-13-/t29-/m1/s1. The highest BCUT2D eigenvalue weighted by atomic mass is 79.9. The van der Waals surface area contributed by atoms with Crippen LogP contribution in [0.4, 0.5) is 0 Å². The lowest BCUT2D eigenvalue weighted by Gasteiger charge is -2.26. The molecule has 7 nitrogen and oxygen atoms in total. The van der Waals surface area contributed by atoms with Gasteiger partial charge in [0, 0.05) is 25.6 Å². The van der Waals surface area contributed by atoms with Crippen molar-refractivity contribution in [3.05, 3.63) is 123 Å². The molecule has 5 rings (SSSR count). The highest BCUT2D eigenvalue weighted by molar-refractivity contribution is 9.10. The van der Waals surface area contributed by atoms with Gasteiger partial charge in [0.25, 0.3) is 5.56 Å². The average Bonchev–Trinajstić information content (AvgIpc) is 3.25. The Morgan fingerprint density at radius 3 is 2.65 bits per heavy atom. The zero-order valence-electron chi connectivity index (χ0n) is 23.7. The summed E-state index contributed by atoms with van der Waals surface area (Å²) < 4.78 is 20.0. The van der Waals surface area contributed by atoms with Crippen molar-refractivity contribution in [2.45, 2.75) is 39.5 Å². The summed E-state index contributed by atoms with van der Waals surface area (Å²) in [6, 6.07) is 17.3. The summed E-state index contributed by atoms with van der Waals surface area (Å²) in [7, 11) is 1.55. The molecule has 1 aliphatic rings. The molecule has 0 N–H and O–H groups in total. The van der Waals surface area contributed by atoms with Crippen molar-refractivity contribution in [1.29, 1.82) is 0 Å². The number of halogens is 3. The summed E-state index contributed by atoms with van der Waals surface area (Å²) in [5.41, 5.74) is 2.65. The Balaban J connectivity index is 1.58. The number of ether oxygens (including phenoxy) is 3. The van der Waals surface area contributed by atoms with E-state index < -0.39 is 12.0 Å². The van der Waals surface area contributed by atoms with E-state index in [0.29, 0.717) is 42.1 Å². The number of rotatable bonds is 8. The van der Waals surface area contributed by atoms with Crippen LogP contribution in [0.15, 0.2) is 86.2 Å². The summed E-state index contributed by atoms with van der Waals surface area (Å²) in [6.07, 6.45) is 1.43. The van der Waals surface area contributed by atoms with Gasteiger partial charge in [-0.1, -0.05) is 68.7 Å². The molecule has 0 amide bonds. The maximum Gasteiger partial charge on any atom is 0.338 e. The Morgan fingerprint density at radius 2 is 1.93 bits per heavy atom. The van der Waals surface area contributed by atoms with E-state index in [2.05, 4.69) is 20.9 Å². The van der Waals surface area contributed by atoms with Gasteiger partial charge in [0.05, 0.1) is 29.0 Å². The van der Waals surface area contributed by atoms with E-state index in [-0.39, 0.29) is 23.8 Å². The van der Waals surface area contributed by atoms with E-state index >= 15 is 0 Å². The number of methoxy groups -OCH3 is 1. The van der Waals surface area contributed by atoms with Crippen molar-refractivity contribution in [3.63, 3.8) is 0 Å². The number of nitrogens with zero attached hydrogens (tertiary/aromatic N) is 2. The molecule has 43 heavy (non-hydrogen) atoms. The quantitative estimate of drug-likeness (QED) is 0.188. The monoisotopic (exact) mass is 700 g/mol. The fraction of sp³-hybridized carbons (Fsp3) is 0.219. The van der Waals surface area contributed by atoms with Gasteiger partial charge in [-0.05, 0) is 74.9 Å². The number of carbonyl (C=O) groups is 1. The van der Waals surface area contributed by atoms with Gasteiger partial charge in [0.1, 0.15) is 24.1 Å². The van der Waals surface area contributed by atoms with Crippen LogP contribution in [0.2, 0.25) is 10.0 Å². The Bertz CT molecular complexity index is 1930. The molecule has 1 aromatic heterocycles. The van der Waals surface area contributed by atoms with Gasteiger partial charge in [0.2, 0.25) is 0 Å². The third-order valence-electron chi connectivity index (χ3n) is 6.64. The van der Waals surface area contributed by atoms with E-state index in [1.165, 1.54) is 15.9 Å². The van der Waals surface area contributed by atoms with E-state index in [1.807, 2.05) is 42.5 Å². The Kier molecular flexibility index (Phi) is 9.46. The van der Waals surface area contributed by atoms with Gasteiger partial charge in [-0.3, -0.25) is 9.36 Å². The topological polar surface area (TPSA) is 79.1 Å². The number of aromatic nitrogens is 1. The summed E-state index contributed by atoms with van der Waals surface area (Å²) in [6.45, 7) is 5.56. The number of carbonyl (C=O) groups excluding carboxylic acids is 1. The first-order valence-electron chi connectivity index (χ1n) is 13.3. The molecule has 222 valence electrons. The number of fused-ring (bicyclic) bond motifs is 1. The second kappa shape index (κ2) is 13.1. The molecule has 0 saturated heterocycles. The summed E-state index contributed by atoms with van der Waals surface area (Å²) in [5, 5.41) is 1.07. The van der Waals surface area contributed by atoms with Crippen molar-refractivity contribution < 1.29 is 19.0 Å². The molecular formula is C32H27BrCl2N2O5S. The lowest BCUT2D eigenvalue weighted by atomic mass is 9.95. The van der Waals surface area contributed by atoms with Crippen LogP contribution >= 0.6 is 50.5 Å².